The van der Waals surface area contributed by atoms with Gasteiger partial charge in [-0.1, -0.05) is 25.6 Å². The summed E-state index contributed by atoms with van der Waals surface area (Å²) in [7, 11) is 0. The van der Waals surface area contributed by atoms with Crippen LogP contribution in [0.5, 0.6) is 0 Å². The van der Waals surface area contributed by atoms with E-state index in [1.165, 1.54) is 22.2 Å². The Labute approximate surface area is 172 Å². The van der Waals surface area contributed by atoms with Gasteiger partial charge in [0.1, 0.15) is 4.83 Å². The molecule has 0 saturated heterocycles. The maximum absolute atomic E-state index is 13.3. The van der Waals surface area contributed by atoms with E-state index >= 15 is 0 Å². The molecular formula is C19H26N4O3S2. The fourth-order valence-electron chi connectivity index (χ4n) is 3.35. The van der Waals surface area contributed by atoms with E-state index in [1.54, 1.807) is 15.9 Å². The SMILES string of the molecule is CC(C)CCn1c(SCCC(=O)NC(N)=O)nc2sc3c(c2c1=O)CCCC3. The lowest BCUT2D eigenvalue weighted by Crippen LogP contribution is -2.35. The van der Waals surface area contributed by atoms with Gasteiger partial charge in [-0.3, -0.25) is 19.5 Å². The number of aromatic nitrogens is 2. The summed E-state index contributed by atoms with van der Waals surface area (Å²) >= 11 is 3.01. The van der Waals surface area contributed by atoms with Crippen LogP contribution in [0.1, 0.15) is 50.0 Å². The molecule has 0 radical (unpaired) electrons. The van der Waals surface area contributed by atoms with Crippen molar-refractivity contribution in [2.75, 3.05) is 5.75 Å². The molecule has 2 aromatic rings. The third-order valence-electron chi connectivity index (χ3n) is 4.79. The third kappa shape index (κ3) is 4.75. The van der Waals surface area contributed by atoms with E-state index < -0.39 is 11.9 Å². The number of rotatable bonds is 7. The van der Waals surface area contributed by atoms with E-state index in [2.05, 4.69) is 19.2 Å². The van der Waals surface area contributed by atoms with Gasteiger partial charge in [0.05, 0.1) is 5.39 Å². The molecule has 3 N–H and O–H groups in total. The van der Waals surface area contributed by atoms with Gasteiger partial charge in [0.25, 0.3) is 5.56 Å². The van der Waals surface area contributed by atoms with Crippen LogP contribution in [0.2, 0.25) is 0 Å². The van der Waals surface area contributed by atoms with E-state index in [0.717, 1.165) is 42.3 Å². The zero-order chi connectivity index (χ0) is 20.3. The summed E-state index contributed by atoms with van der Waals surface area (Å²) in [6, 6.07) is -0.854. The number of imide groups is 1. The van der Waals surface area contributed by atoms with Crippen LogP contribution >= 0.6 is 23.1 Å². The lowest BCUT2D eigenvalue weighted by atomic mass is 9.97. The molecule has 0 unspecified atom stereocenters. The number of urea groups is 1. The number of carbonyl (C=O) groups is 2. The zero-order valence-electron chi connectivity index (χ0n) is 16.2. The predicted octanol–water partition coefficient (Wildman–Crippen LogP) is 3.06. The predicted molar refractivity (Wildman–Crippen MR) is 113 cm³/mol. The van der Waals surface area contributed by atoms with Gasteiger partial charge in [-0.25, -0.2) is 9.78 Å². The molecule has 0 fully saturated rings. The topological polar surface area (TPSA) is 107 Å². The maximum atomic E-state index is 13.3. The van der Waals surface area contributed by atoms with Crippen molar-refractivity contribution in [1.29, 1.82) is 0 Å². The second kappa shape index (κ2) is 9.09. The highest BCUT2D eigenvalue weighted by molar-refractivity contribution is 7.99. The average Bonchev–Trinajstić information content (AvgIpc) is 2.98. The number of hydrogen-bond acceptors (Lipinski definition) is 6. The van der Waals surface area contributed by atoms with Crippen LogP contribution in [0.4, 0.5) is 4.79 Å². The van der Waals surface area contributed by atoms with E-state index in [-0.39, 0.29) is 12.0 Å². The van der Waals surface area contributed by atoms with Gasteiger partial charge in [0.15, 0.2) is 5.16 Å². The van der Waals surface area contributed by atoms with Gasteiger partial charge in [0.2, 0.25) is 5.91 Å². The molecule has 3 rings (SSSR count). The van der Waals surface area contributed by atoms with Gasteiger partial charge >= 0.3 is 6.03 Å². The largest absolute Gasteiger partial charge is 0.351 e. The molecule has 152 valence electrons. The first-order valence-corrected chi connectivity index (χ1v) is 11.4. The quantitative estimate of drug-likeness (QED) is 0.527. The van der Waals surface area contributed by atoms with Gasteiger partial charge in [0, 0.05) is 23.6 Å². The molecule has 2 heterocycles. The first kappa shape index (κ1) is 20.9. The molecule has 7 nitrogen and oxygen atoms in total. The average molecular weight is 423 g/mol. The number of thioether (sulfide) groups is 1. The first-order chi connectivity index (χ1) is 13.4. The summed E-state index contributed by atoms with van der Waals surface area (Å²) in [4.78, 5) is 42.6. The van der Waals surface area contributed by atoms with Crippen LogP contribution in [0.25, 0.3) is 10.2 Å². The Morgan fingerprint density at radius 2 is 2.07 bits per heavy atom. The van der Waals surface area contributed by atoms with Crippen LogP contribution in [0.15, 0.2) is 9.95 Å². The van der Waals surface area contributed by atoms with Crippen LogP contribution < -0.4 is 16.6 Å². The summed E-state index contributed by atoms with van der Waals surface area (Å²) in [5.41, 5.74) is 6.19. The molecule has 0 atom stereocenters. The van der Waals surface area contributed by atoms with Crippen molar-refractivity contribution < 1.29 is 9.59 Å². The zero-order valence-corrected chi connectivity index (χ0v) is 17.9. The standard InChI is InChI=1S/C19H26N4O3S2/c1-11(2)7-9-23-17(25)15-12-5-3-4-6-13(12)28-16(15)22-19(23)27-10-8-14(24)21-18(20)26/h11H,3-10H2,1-2H3,(H3,20,21,24,26). The van der Waals surface area contributed by atoms with Crippen molar-refractivity contribution >= 4 is 45.3 Å². The Kier molecular flexibility index (Phi) is 6.77. The van der Waals surface area contributed by atoms with Crippen LogP contribution in [-0.4, -0.2) is 27.2 Å². The van der Waals surface area contributed by atoms with Crippen molar-refractivity contribution in [3.8, 4) is 0 Å². The molecule has 0 spiro atoms. The van der Waals surface area contributed by atoms with Crippen LogP contribution in [0.3, 0.4) is 0 Å². The number of nitrogens with two attached hydrogens (primary N) is 1. The lowest BCUT2D eigenvalue weighted by molar-refractivity contribution is -0.119. The number of hydrogen-bond donors (Lipinski definition) is 2. The second-order valence-corrected chi connectivity index (χ2v) is 9.58. The Hall–Kier alpha value is -1.87. The molecule has 0 bridgehead atoms. The molecule has 1 aliphatic rings. The van der Waals surface area contributed by atoms with Crippen molar-refractivity contribution in [2.45, 2.75) is 64.1 Å². The molecular weight excluding hydrogens is 396 g/mol. The number of carbonyl (C=O) groups excluding carboxylic acids is 2. The molecule has 1 aliphatic carbocycles. The molecule has 3 amide bonds. The Morgan fingerprint density at radius 3 is 2.79 bits per heavy atom. The van der Waals surface area contributed by atoms with E-state index in [4.69, 9.17) is 10.7 Å². The van der Waals surface area contributed by atoms with Crippen molar-refractivity contribution in [3.05, 3.63) is 20.8 Å². The number of nitrogens with one attached hydrogen (secondary N) is 1. The molecule has 0 aromatic carbocycles. The first-order valence-electron chi connectivity index (χ1n) is 9.64. The minimum absolute atomic E-state index is 0.0362. The number of fused-ring (bicyclic) bond motifs is 3. The van der Waals surface area contributed by atoms with Crippen molar-refractivity contribution in [2.24, 2.45) is 11.7 Å². The number of amides is 3. The van der Waals surface area contributed by atoms with Gasteiger partial charge < -0.3 is 5.73 Å². The molecule has 0 aliphatic heterocycles. The number of thiophene rings is 1. The number of aryl methyl sites for hydroxylation is 2. The Bertz CT molecular complexity index is 949. The van der Waals surface area contributed by atoms with Crippen molar-refractivity contribution in [3.63, 3.8) is 0 Å². The van der Waals surface area contributed by atoms with Crippen molar-refractivity contribution in [1.82, 2.24) is 14.9 Å². The highest BCUT2D eigenvalue weighted by Gasteiger charge is 2.22. The third-order valence-corrected chi connectivity index (χ3v) is 6.96. The highest BCUT2D eigenvalue weighted by atomic mass is 32.2. The van der Waals surface area contributed by atoms with Gasteiger partial charge in [-0.15, -0.1) is 11.3 Å². The minimum Gasteiger partial charge on any atom is -0.351 e. The lowest BCUT2D eigenvalue weighted by Gasteiger charge is -2.14. The molecule has 28 heavy (non-hydrogen) atoms. The molecule has 9 heteroatoms. The maximum Gasteiger partial charge on any atom is 0.318 e. The summed E-state index contributed by atoms with van der Waals surface area (Å²) in [5.74, 6) is 0.464. The summed E-state index contributed by atoms with van der Waals surface area (Å²) in [6.07, 6.45) is 5.28. The monoisotopic (exact) mass is 422 g/mol. The summed E-state index contributed by atoms with van der Waals surface area (Å²) in [5, 5.41) is 3.49. The highest BCUT2D eigenvalue weighted by Crippen LogP contribution is 2.34. The minimum atomic E-state index is -0.854. The second-order valence-electron chi connectivity index (χ2n) is 7.44. The normalized spacial score (nSPS) is 13.7. The summed E-state index contributed by atoms with van der Waals surface area (Å²) in [6.45, 7) is 4.87. The smallest absolute Gasteiger partial charge is 0.318 e. The Morgan fingerprint density at radius 1 is 1.32 bits per heavy atom. The van der Waals surface area contributed by atoms with Gasteiger partial charge in [-0.05, 0) is 43.6 Å². The summed E-state index contributed by atoms with van der Waals surface area (Å²) < 4.78 is 1.76. The fourth-order valence-corrected chi connectivity index (χ4v) is 5.61. The van der Waals surface area contributed by atoms with E-state index in [1.807, 2.05) is 0 Å². The van der Waals surface area contributed by atoms with E-state index in [0.29, 0.717) is 23.4 Å². The molecule has 2 aromatic heterocycles. The van der Waals surface area contributed by atoms with E-state index in [9.17, 15) is 14.4 Å². The Balaban J connectivity index is 1.90. The van der Waals surface area contributed by atoms with Crippen LogP contribution in [0, 0.1) is 5.92 Å². The fraction of sp³-hybridized carbons (Fsp3) is 0.579. The molecule has 0 saturated carbocycles. The van der Waals surface area contributed by atoms with Crippen LogP contribution in [-0.2, 0) is 24.2 Å². The number of primary amides is 1. The van der Waals surface area contributed by atoms with Gasteiger partial charge in [-0.2, -0.15) is 0 Å². The number of nitrogens with zero attached hydrogens (tertiary/aromatic N) is 2.